The monoisotopic (exact) mass is 981 g/mol. The standard InChI is InChI=1S/C74H47NO2/c1-4-20-50(21-5-1)73(51-22-6-2-7-23-51)63-34-16-12-28-59(63)69-55(30-18-36-65(69)73)48-38-42-53(43-39-48)75(52-24-8-3-9-25-52)54-44-40-49(41-45-54)56-31-19-37-67-71(56)77-72-68(76-67)47-46-66-70(72)60-29-13-17-35-64(60)74(66)61-32-14-10-26-57(61)58-27-11-15-33-62(58)74/h1-8,10-24,26-45H,46-47H2. The van der Waals surface area contributed by atoms with Crippen molar-refractivity contribution in [2.24, 2.45) is 0 Å². The van der Waals surface area contributed by atoms with Crippen molar-refractivity contribution in [1.82, 2.24) is 0 Å². The van der Waals surface area contributed by atoms with Crippen LogP contribution in [0.1, 0.15) is 57.3 Å². The fraction of sp³-hybridized carbons (Fsp3) is 0.0541. The largest absolute Gasteiger partial charge is 0.454 e. The van der Waals surface area contributed by atoms with E-state index in [9.17, 15) is 0 Å². The molecule has 0 N–H and O–H groups in total. The number of rotatable bonds is 7. The van der Waals surface area contributed by atoms with Gasteiger partial charge in [-0.25, -0.2) is 0 Å². The van der Waals surface area contributed by atoms with Gasteiger partial charge in [-0.05, 0) is 144 Å². The summed E-state index contributed by atoms with van der Waals surface area (Å²) in [6.07, 6.45) is 1.62. The molecular formula is C74H47NO2. The van der Waals surface area contributed by atoms with Gasteiger partial charge >= 0.3 is 0 Å². The zero-order chi connectivity index (χ0) is 50.7. The zero-order valence-electron chi connectivity index (χ0n) is 42.0. The topological polar surface area (TPSA) is 21.7 Å². The average molecular weight is 982 g/mol. The minimum absolute atomic E-state index is 0.400. The van der Waals surface area contributed by atoms with Crippen LogP contribution in [0.25, 0.3) is 50.1 Å². The Kier molecular flexibility index (Phi) is 9.50. The van der Waals surface area contributed by atoms with Gasteiger partial charge in [0.25, 0.3) is 0 Å². The van der Waals surface area contributed by atoms with E-state index in [0.29, 0.717) is 0 Å². The molecule has 4 aliphatic carbocycles. The van der Waals surface area contributed by atoms with Crippen molar-refractivity contribution in [1.29, 1.82) is 0 Å². The number of para-hydroxylation sites is 1. The van der Waals surface area contributed by atoms with E-state index in [1.54, 1.807) is 0 Å². The summed E-state index contributed by atoms with van der Waals surface area (Å²) in [4.78, 5) is 2.25. The quantitative estimate of drug-likeness (QED) is 0.159. The van der Waals surface area contributed by atoms with E-state index in [-0.39, 0.29) is 0 Å². The van der Waals surface area contributed by atoms with E-state index in [2.05, 4.69) is 260 Å². The predicted molar refractivity (Wildman–Crippen MR) is 310 cm³/mol. The first-order valence-electron chi connectivity index (χ1n) is 26.7. The Labute approximate surface area is 449 Å². The molecule has 5 aliphatic rings. The first-order valence-corrected chi connectivity index (χ1v) is 26.7. The van der Waals surface area contributed by atoms with E-state index in [1.165, 1.54) is 77.9 Å². The molecule has 0 fully saturated rings. The molecule has 0 saturated heterocycles. The fourth-order valence-corrected chi connectivity index (χ4v) is 14.0. The van der Waals surface area contributed by atoms with Crippen LogP contribution < -0.4 is 14.4 Å². The molecule has 0 saturated carbocycles. The van der Waals surface area contributed by atoms with Crippen LogP contribution in [-0.2, 0) is 10.8 Å². The van der Waals surface area contributed by atoms with Crippen LogP contribution in [-0.4, -0.2) is 0 Å². The predicted octanol–water partition coefficient (Wildman–Crippen LogP) is 18.0. The SMILES string of the molecule is c1cccc(N(c2ccc(-c3cccc4c3OC3=C(CCC5=C3c3ccccc3C53c5ccccc5-c5ccccc53)O4)cc2)c2ccc(-c3cccc4c3-c3ccccc3C4(c3ccccc3)c3ccccc3)cc2)c#1. The number of anilines is 3. The van der Waals surface area contributed by atoms with E-state index in [1.807, 2.05) is 18.2 Å². The highest BCUT2D eigenvalue weighted by Crippen LogP contribution is 2.66. The Morgan fingerprint density at radius 3 is 1.51 bits per heavy atom. The van der Waals surface area contributed by atoms with Gasteiger partial charge in [-0.3, -0.25) is 0 Å². The summed E-state index contributed by atoms with van der Waals surface area (Å²) < 4.78 is 14.2. The van der Waals surface area contributed by atoms with Gasteiger partial charge in [0.2, 0.25) is 0 Å². The second kappa shape index (κ2) is 16.8. The summed E-state index contributed by atoms with van der Waals surface area (Å²) in [5.74, 6) is 3.19. The van der Waals surface area contributed by atoms with Crippen LogP contribution in [0.5, 0.6) is 11.5 Å². The van der Waals surface area contributed by atoms with Crippen LogP contribution in [0.4, 0.5) is 17.1 Å². The molecule has 0 bridgehead atoms. The Hall–Kier alpha value is -9.88. The fourth-order valence-electron chi connectivity index (χ4n) is 14.0. The van der Waals surface area contributed by atoms with Crippen LogP contribution in [0, 0.1) is 12.1 Å². The van der Waals surface area contributed by atoms with E-state index in [4.69, 9.17) is 9.47 Å². The minimum Gasteiger partial charge on any atom is -0.454 e. The van der Waals surface area contributed by atoms with Crippen molar-refractivity contribution in [3.8, 4) is 56.0 Å². The Balaban J connectivity index is 0.760. The lowest BCUT2D eigenvalue weighted by Crippen LogP contribution is -2.29. The summed E-state index contributed by atoms with van der Waals surface area (Å²) in [7, 11) is 0. The Bertz CT molecular complexity index is 4160. The van der Waals surface area contributed by atoms with Gasteiger partial charge in [0.05, 0.1) is 16.5 Å². The van der Waals surface area contributed by atoms with Crippen molar-refractivity contribution >= 4 is 22.6 Å². The highest BCUT2D eigenvalue weighted by Gasteiger charge is 2.55. The molecule has 0 radical (unpaired) electrons. The molecule has 0 aromatic heterocycles. The lowest BCUT2D eigenvalue weighted by molar-refractivity contribution is 0.292. The molecule has 0 amide bonds. The number of hydrogen-bond donors (Lipinski definition) is 0. The van der Waals surface area contributed by atoms with Crippen LogP contribution in [0.3, 0.4) is 0 Å². The van der Waals surface area contributed by atoms with E-state index >= 15 is 0 Å². The number of hydrogen-bond acceptors (Lipinski definition) is 3. The molecule has 3 heteroatoms. The van der Waals surface area contributed by atoms with Gasteiger partial charge in [-0.1, -0.05) is 224 Å². The number of allylic oxidation sites excluding steroid dienone is 3. The maximum atomic E-state index is 7.32. The molecule has 0 atom stereocenters. The van der Waals surface area contributed by atoms with Gasteiger partial charge in [-0.2, -0.15) is 0 Å². The Morgan fingerprint density at radius 2 is 0.883 bits per heavy atom. The lowest BCUT2D eigenvalue weighted by Gasteiger charge is -2.35. The second-order valence-electron chi connectivity index (χ2n) is 20.7. The van der Waals surface area contributed by atoms with Crippen LogP contribution in [0.15, 0.2) is 278 Å². The molecule has 3 nitrogen and oxygen atoms in total. The number of fused-ring (bicyclic) bond motifs is 14. The van der Waals surface area contributed by atoms with Crippen LogP contribution in [0.2, 0.25) is 0 Å². The normalized spacial score (nSPS) is 15.1. The third kappa shape index (κ3) is 6.10. The molecule has 0 unspecified atom stereocenters. The van der Waals surface area contributed by atoms with E-state index < -0.39 is 10.8 Å². The summed E-state index contributed by atoms with van der Waals surface area (Å²) in [6.45, 7) is 0. The van der Waals surface area contributed by atoms with Crippen molar-refractivity contribution in [2.75, 3.05) is 4.90 Å². The molecule has 11 aromatic rings. The van der Waals surface area contributed by atoms with Gasteiger partial charge in [0.1, 0.15) is 5.76 Å². The maximum Gasteiger partial charge on any atom is 0.177 e. The summed E-state index contributed by atoms with van der Waals surface area (Å²) in [5, 5.41) is 0. The smallest absolute Gasteiger partial charge is 0.177 e. The van der Waals surface area contributed by atoms with Gasteiger partial charge in [-0.15, -0.1) is 0 Å². The minimum atomic E-state index is -0.468. The Morgan fingerprint density at radius 1 is 0.377 bits per heavy atom. The summed E-state index contributed by atoms with van der Waals surface area (Å²) in [6, 6.07) is 101. The van der Waals surface area contributed by atoms with Crippen molar-refractivity contribution < 1.29 is 9.47 Å². The molecule has 1 heterocycles. The number of benzene rings is 10. The van der Waals surface area contributed by atoms with Crippen molar-refractivity contribution in [3.05, 3.63) is 335 Å². The molecule has 1 aliphatic heterocycles. The third-order valence-corrected chi connectivity index (χ3v) is 17.0. The molecular weight excluding hydrogens is 935 g/mol. The first kappa shape index (κ1) is 43.5. The van der Waals surface area contributed by atoms with Gasteiger partial charge < -0.3 is 14.4 Å². The summed E-state index contributed by atoms with van der Waals surface area (Å²) in [5.41, 5.74) is 24.4. The number of ether oxygens (including phenoxy) is 2. The average Bonchev–Trinajstić information content (AvgIpc) is 3.37. The van der Waals surface area contributed by atoms with Gasteiger partial charge in [0, 0.05) is 28.9 Å². The lowest BCUT2D eigenvalue weighted by atomic mass is 9.67. The maximum absolute atomic E-state index is 7.32. The number of nitrogens with zero attached hydrogens (tertiary/aromatic N) is 1. The first-order chi connectivity index (χ1) is 38.2. The highest BCUT2D eigenvalue weighted by atomic mass is 16.6. The highest BCUT2D eigenvalue weighted by molar-refractivity contribution is 6.00. The molecule has 16 rings (SSSR count). The molecule has 77 heavy (non-hydrogen) atoms. The van der Waals surface area contributed by atoms with Gasteiger partial charge in [0.15, 0.2) is 17.3 Å². The molecule has 1 spiro atoms. The van der Waals surface area contributed by atoms with Crippen LogP contribution >= 0.6 is 0 Å². The van der Waals surface area contributed by atoms with Crippen molar-refractivity contribution in [2.45, 2.75) is 23.7 Å². The second-order valence-corrected chi connectivity index (χ2v) is 20.7. The third-order valence-electron chi connectivity index (χ3n) is 17.0. The molecule has 360 valence electrons. The zero-order valence-corrected chi connectivity index (χ0v) is 42.0. The van der Waals surface area contributed by atoms with E-state index in [0.717, 1.165) is 75.2 Å². The summed E-state index contributed by atoms with van der Waals surface area (Å²) >= 11 is 0. The molecule has 11 aromatic carbocycles. The van der Waals surface area contributed by atoms with Crippen molar-refractivity contribution in [3.63, 3.8) is 0 Å².